The van der Waals surface area contributed by atoms with Gasteiger partial charge >= 0.3 is 29.6 Å². The Kier molecular flexibility index (Phi) is 4.29. The van der Waals surface area contributed by atoms with Gasteiger partial charge in [-0.25, -0.2) is 4.21 Å². The van der Waals surface area contributed by atoms with E-state index in [1.54, 1.807) is 12.1 Å². The van der Waals surface area contributed by atoms with Crippen LogP contribution in [-0.2, 0) is 11.1 Å². The minimum absolute atomic E-state index is 0. The molecule has 68 valence electrons. The van der Waals surface area contributed by atoms with Crippen LogP contribution >= 0.6 is 0 Å². The van der Waals surface area contributed by atoms with Crippen molar-refractivity contribution in [1.29, 1.82) is 0 Å². The number of benzene rings is 2. The first kappa shape index (κ1) is 11.9. The van der Waals surface area contributed by atoms with Gasteiger partial charge in [-0.1, -0.05) is 36.4 Å². The molecule has 0 amide bonds. The second-order valence-corrected chi connectivity index (χ2v) is 3.66. The molecule has 0 aliphatic rings. The van der Waals surface area contributed by atoms with Gasteiger partial charge in [-0.15, -0.1) is 0 Å². The van der Waals surface area contributed by atoms with Crippen molar-refractivity contribution in [2.24, 2.45) is 0 Å². The van der Waals surface area contributed by atoms with Crippen LogP contribution in [0.3, 0.4) is 0 Å². The van der Waals surface area contributed by atoms with Crippen LogP contribution in [0.5, 0.6) is 0 Å². The molecule has 0 saturated carbocycles. The molecule has 2 nitrogen and oxygen atoms in total. The first-order chi connectivity index (χ1) is 6.29. The Morgan fingerprint density at radius 1 is 1.00 bits per heavy atom. The topological polar surface area (TPSA) is 37.3 Å². The van der Waals surface area contributed by atoms with Crippen LogP contribution in [-0.4, -0.2) is 38.3 Å². The van der Waals surface area contributed by atoms with Gasteiger partial charge in [-0.3, -0.25) is 0 Å². The fourth-order valence-electron chi connectivity index (χ4n) is 1.35. The standard InChI is InChI=1S/C10H8O2S.Na.H/c11-13(12)10-7-3-5-8-4-1-2-6-9(8)10;;/h1-7H,(H,11,12);;. The van der Waals surface area contributed by atoms with Gasteiger partial charge in [0, 0.05) is 5.39 Å². The molecule has 14 heavy (non-hydrogen) atoms. The van der Waals surface area contributed by atoms with Gasteiger partial charge in [0.05, 0.1) is 4.90 Å². The summed E-state index contributed by atoms with van der Waals surface area (Å²) < 4.78 is 19.9. The maximum atomic E-state index is 10.9. The molecule has 2 aromatic carbocycles. The minimum atomic E-state index is -1.90. The summed E-state index contributed by atoms with van der Waals surface area (Å²) in [6.45, 7) is 0. The predicted octanol–water partition coefficient (Wildman–Crippen LogP) is 1.77. The molecule has 0 radical (unpaired) electrons. The van der Waals surface area contributed by atoms with Gasteiger partial charge in [0.25, 0.3) is 0 Å². The molecule has 0 bridgehead atoms. The van der Waals surface area contributed by atoms with Crippen LogP contribution in [0.4, 0.5) is 0 Å². The van der Waals surface area contributed by atoms with Crippen molar-refractivity contribution in [3.63, 3.8) is 0 Å². The van der Waals surface area contributed by atoms with Crippen molar-refractivity contribution in [1.82, 2.24) is 0 Å². The second kappa shape index (κ2) is 5.05. The summed E-state index contributed by atoms with van der Waals surface area (Å²) in [7, 11) is 0. The van der Waals surface area contributed by atoms with E-state index in [0.29, 0.717) is 4.90 Å². The predicted molar refractivity (Wildman–Crippen MR) is 60.1 cm³/mol. The summed E-state index contributed by atoms with van der Waals surface area (Å²) in [5.74, 6) is 0. The van der Waals surface area contributed by atoms with E-state index in [2.05, 4.69) is 0 Å². The van der Waals surface area contributed by atoms with Gasteiger partial charge in [0.2, 0.25) is 0 Å². The molecule has 0 aliphatic carbocycles. The molecule has 2 rings (SSSR count). The van der Waals surface area contributed by atoms with E-state index in [4.69, 9.17) is 4.55 Å². The van der Waals surface area contributed by atoms with Crippen molar-refractivity contribution in [2.75, 3.05) is 0 Å². The molecule has 4 heteroatoms. The summed E-state index contributed by atoms with van der Waals surface area (Å²) in [6, 6.07) is 12.9. The Hall–Kier alpha value is -0.190. The Bertz CT molecular complexity index is 465. The summed E-state index contributed by atoms with van der Waals surface area (Å²) in [6.07, 6.45) is 0. The maximum absolute atomic E-state index is 10.9. The summed E-state index contributed by atoms with van der Waals surface area (Å²) in [5, 5.41) is 1.83. The monoisotopic (exact) mass is 216 g/mol. The second-order valence-electron chi connectivity index (χ2n) is 2.73. The average molecular weight is 216 g/mol. The molecule has 0 aromatic heterocycles. The third-order valence-corrected chi connectivity index (χ3v) is 2.67. The molecule has 1 unspecified atom stereocenters. The fraction of sp³-hybridized carbons (Fsp3) is 0. The number of fused-ring (bicyclic) bond motifs is 1. The number of rotatable bonds is 1. The van der Waals surface area contributed by atoms with Crippen molar-refractivity contribution in [3.8, 4) is 0 Å². The van der Waals surface area contributed by atoms with Crippen molar-refractivity contribution in [2.45, 2.75) is 4.90 Å². The molecule has 0 fully saturated rings. The Labute approximate surface area is 107 Å². The van der Waals surface area contributed by atoms with Crippen LogP contribution in [0.25, 0.3) is 10.8 Å². The quantitative estimate of drug-likeness (QED) is 0.582. The molecule has 0 spiro atoms. The third kappa shape index (κ3) is 2.24. The van der Waals surface area contributed by atoms with Crippen molar-refractivity contribution >= 4 is 51.4 Å². The van der Waals surface area contributed by atoms with E-state index in [1.165, 1.54) is 0 Å². The zero-order chi connectivity index (χ0) is 9.26. The molecule has 0 aliphatic heterocycles. The van der Waals surface area contributed by atoms with Crippen LogP contribution < -0.4 is 0 Å². The zero-order valence-electron chi connectivity index (χ0n) is 6.81. The Morgan fingerprint density at radius 2 is 1.64 bits per heavy atom. The van der Waals surface area contributed by atoms with E-state index < -0.39 is 11.1 Å². The van der Waals surface area contributed by atoms with Gasteiger partial charge in [0.15, 0.2) is 11.1 Å². The van der Waals surface area contributed by atoms with Gasteiger partial charge in [0.1, 0.15) is 0 Å². The van der Waals surface area contributed by atoms with E-state index in [-0.39, 0.29) is 29.6 Å². The van der Waals surface area contributed by atoms with E-state index in [1.807, 2.05) is 30.3 Å². The van der Waals surface area contributed by atoms with E-state index in [9.17, 15) is 4.21 Å². The molecule has 1 atom stereocenters. The molecule has 1 N–H and O–H groups in total. The normalized spacial score (nSPS) is 12.1. The Morgan fingerprint density at radius 3 is 2.36 bits per heavy atom. The number of hydrogen-bond donors (Lipinski definition) is 1. The van der Waals surface area contributed by atoms with Gasteiger partial charge in [-0.05, 0) is 11.5 Å². The summed E-state index contributed by atoms with van der Waals surface area (Å²) in [4.78, 5) is 0.470. The fourth-order valence-corrected chi connectivity index (χ4v) is 1.92. The molecule has 0 heterocycles. The molecule has 0 saturated heterocycles. The van der Waals surface area contributed by atoms with Crippen LogP contribution in [0.15, 0.2) is 47.4 Å². The van der Waals surface area contributed by atoms with Crippen LogP contribution in [0.1, 0.15) is 0 Å². The van der Waals surface area contributed by atoms with Crippen LogP contribution in [0, 0.1) is 0 Å². The number of hydrogen-bond acceptors (Lipinski definition) is 1. The van der Waals surface area contributed by atoms with Crippen LogP contribution in [0.2, 0.25) is 0 Å². The third-order valence-electron chi connectivity index (χ3n) is 1.94. The zero-order valence-corrected chi connectivity index (χ0v) is 7.62. The van der Waals surface area contributed by atoms with Crippen molar-refractivity contribution < 1.29 is 8.76 Å². The van der Waals surface area contributed by atoms with Gasteiger partial charge in [-0.2, -0.15) is 0 Å². The van der Waals surface area contributed by atoms with Crippen molar-refractivity contribution in [3.05, 3.63) is 42.5 Å². The average Bonchev–Trinajstić information content (AvgIpc) is 2.17. The summed E-state index contributed by atoms with van der Waals surface area (Å²) in [5.41, 5.74) is 0. The molecule has 2 aromatic rings. The van der Waals surface area contributed by atoms with E-state index in [0.717, 1.165) is 10.8 Å². The van der Waals surface area contributed by atoms with Gasteiger partial charge < -0.3 is 4.55 Å². The Balaban J connectivity index is 0.000000980. The SMILES string of the molecule is O=S(O)c1cccc2ccccc12.[NaH]. The van der Waals surface area contributed by atoms with E-state index >= 15 is 0 Å². The first-order valence-corrected chi connectivity index (χ1v) is 4.98. The summed E-state index contributed by atoms with van der Waals surface area (Å²) >= 11 is -1.90. The molecular weight excluding hydrogens is 207 g/mol. The first-order valence-electron chi connectivity index (χ1n) is 3.87. The molecular formula is C10H9NaO2S.